The summed E-state index contributed by atoms with van der Waals surface area (Å²) in [5.74, 6) is 1.96. The van der Waals surface area contributed by atoms with Crippen LogP contribution in [0.1, 0.15) is 48.2 Å². The van der Waals surface area contributed by atoms with Gasteiger partial charge in [0.05, 0.1) is 29.6 Å². The average molecular weight is 520 g/mol. The maximum Gasteiger partial charge on any atom is 0.271 e. The number of hydrazone groups is 1. The number of hydrogen-bond donors (Lipinski definition) is 1. The largest absolute Gasteiger partial charge is 0.493 e. The van der Waals surface area contributed by atoms with Gasteiger partial charge < -0.3 is 9.47 Å². The molecular formula is C28H29N3O3S2. The molecule has 0 fully saturated rings. The molecule has 0 saturated carbocycles. The van der Waals surface area contributed by atoms with Crippen molar-refractivity contribution in [1.82, 2.24) is 10.4 Å². The summed E-state index contributed by atoms with van der Waals surface area (Å²) in [4.78, 5) is 17.2. The first kappa shape index (κ1) is 25.7. The van der Waals surface area contributed by atoms with Crippen molar-refractivity contribution in [2.45, 2.75) is 36.8 Å². The molecule has 3 aromatic carbocycles. The Balaban J connectivity index is 1.33. The van der Waals surface area contributed by atoms with Crippen molar-refractivity contribution in [2.75, 3.05) is 13.2 Å². The number of carbonyl (C=O) groups excluding carboxylic acids is 1. The van der Waals surface area contributed by atoms with Gasteiger partial charge in [-0.25, -0.2) is 10.4 Å². The number of aromatic nitrogens is 1. The fourth-order valence-electron chi connectivity index (χ4n) is 3.30. The third-order valence-corrected chi connectivity index (χ3v) is 7.39. The quantitative estimate of drug-likeness (QED) is 0.125. The molecule has 0 aliphatic heterocycles. The van der Waals surface area contributed by atoms with Crippen molar-refractivity contribution < 1.29 is 14.3 Å². The SMILES string of the molecule is CCCOc1ccc(/C=N\NC(=O)c2ccc(CSc3nc4ccccc4s3)cc2)c(OCCC)c1. The van der Waals surface area contributed by atoms with E-state index in [4.69, 9.17) is 9.47 Å². The first-order valence-corrected chi connectivity index (χ1v) is 13.8. The van der Waals surface area contributed by atoms with E-state index < -0.39 is 0 Å². The topological polar surface area (TPSA) is 72.8 Å². The molecule has 6 nitrogen and oxygen atoms in total. The lowest BCUT2D eigenvalue weighted by molar-refractivity contribution is 0.0955. The third kappa shape index (κ3) is 7.08. The van der Waals surface area contributed by atoms with E-state index in [1.54, 1.807) is 29.3 Å². The lowest BCUT2D eigenvalue weighted by Gasteiger charge is -2.11. The number of ether oxygens (including phenoxy) is 2. The molecule has 0 saturated heterocycles. The van der Waals surface area contributed by atoms with Crippen LogP contribution in [0.2, 0.25) is 0 Å². The Kier molecular flexibility index (Phi) is 9.35. The number of nitrogens with one attached hydrogen (secondary N) is 1. The number of hydrogen-bond acceptors (Lipinski definition) is 7. The Morgan fingerprint density at radius 2 is 1.81 bits per heavy atom. The summed E-state index contributed by atoms with van der Waals surface area (Å²) in [5.41, 5.74) is 6.08. The van der Waals surface area contributed by atoms with Crippen molar-refractivity contribution >= 4 is 45.4 Å². The van der Waals surface area contributed by atoms with Crippen molar-refractivity contribution in [3.8, 4) is 11.5 Å². The lowest BCUT2D eigenvalue weighted by Crippen LogP contribution is -2.17. The molecule has 0 radical (unpaired) electrons. The first-order chi connectivity index (χ1) is 17.7. The Bertz CT molecular complexity index is 1290. The molecule has 0 spiro atoms. The number of amides is 1. The Morgan fingerprint density at radius 3 is 2.58 bits per heavy atom. The highest BCUT2D eigenvalue weighted by atomic mass is 32.2. The number of fused-ring (bicyclic) bond motifs is 1. The standard InChI is InChI=1S/C28H29N3O3S2/c1-3-15-33-23-14-13-22(25(17-23)34-16-4-2)18-29-31-27(32)21-11-9-20(10-12-21)19-35-28-30-24-7-5-6-8-26(24)36-28/h5-14,17-18H,3-4,15-16,19H2,1-2H3,(H,31,32)/b29-18-. The second-order valence-electron chi connectivity index (χ2n) is 8.03. The number of thiazole rings is 1. The van der Waals surface area contributed by atoms with Crippen LogP contribution in [0.4, 0.5) is 0 Å². The highest BCUT2D eigenvalue weighted by Gasteiger charge is 2.08. The van der Waals surface area contributed by atoms with Gasteiger partial charge in [0.2, 0.25) is 0 Å². The summed E-state index contributed by atoms with van der Waals surface area (Å²) >= 11 is 3.40. The zero-order valence-corrected chi connectivity index (χ0v) is 22.0. The van der Waals surface area contributed by atoms with Gasteiger partial charge in [-0.3, -0.25) is 4.79 Å². The molecule has 4 aromatic rings. The zero-order valence-electron chi connectivity index (χ0n) is 20.4. The van der Waals surface area contributed by atoms with Crippen molar-refractivity contribution in [1.29, 1.82) is 0 Å². The summed E-state index contributed by atoms with van der Waals surface area (Å²) < 4.78 is 13.8. The number of nitrogens with zero attached hydrogens (tertiary/aromatic N) is 2. The molecule has 4 rings (SSSR count). The molecule has 8 heteroatoms. The monoisotopic (exact) mass is 519 g/mol. The smallest absolute Gasteiger partial charge is 0.271 e. The van der Waals surface area contributed by atoms with E-state index in [9.17, 15) is 4.79 Å². The van der Waals surface area contributed by atoms with Crippen LogP contribution in [0.25, 0.3) is 10.2 Å². The van der Waals surface area contributed by atoms with Gasteiger partial charge in [0, 0.05) is 22.9 Å². The second-order valence-corrected chi connectivity index (χ2v) is 10.3. The molecule has 1 N–H and O–H groups in total. The normalized spacial score (nSPS) is 11.2. The van der Waals surface area contributed by atoms with Crippen molar-refractivity contribution in [3.63, 3.8) is 0 Å². The molecule has 0 unspecified atom stereocenters. The van der Waals surface area contributed by atoms with Crippen molar-refractivity contribution in [2.24, 2.45) is 5.10 Å². The summed E-state index contributed by atoms with van der Waals surface area (Å²) in [6, 6.07) is 21.3. The first-order valence-electron chi connectivity index (χ1n) is 12.0. The molecule has 0 bridgehead atoms. The van der Waals surface area contributed by atoms with Gasteiger partial charge >= 0.3 is 0 Å². The minimum Gasteiger partial charge on any atom is -0.493 e. The van der Waals surface area contributed by atoms with Crippen LogP contribution >= 0.6 is 23.1 Å². The van der Waals surface area contributed by atoms with E-state index in [1.807, 2.05) is 60.7 Å². The lowest BCUT2D eigenvalue weighted by atomic mass is 10.1. The molecule has 36 heavy (non-hydrogen) atoms. The number of rotatable bonds is 12. The van der Waals surface area contributed by atoms with Crippen LogP contribution in [0, 0.1) is 0 Å². The van der Waals surface area contributed by atoms with Gasteiger partial charge in [-0.1, -0.05) is 49.9 Å². The molecule has 186 valence electrons. The summed E-state index contributed by atoms with van der Waals surface area (Å²) in [6.07, 6.45) is 3.42. The highest BCUT2D eigenvalue weighted by molar-refractivity contribution is 8.00. The third-order valence-electron chi connectivity index (χ3n) is 5.14. The Hall–Kier alpha value is -3.36. The van der Waals surface area contributed by atoms with E-state index in [-0.39, 0.29) is 5.91 Å². The Labute approximate surface area is 219 Å². The maximum absolute atomic E-state index is 12.6. The highest BCUT2D eigenvalue weighted by Crippen LogP contribution is 2.31. The predicted octanol–water partition coefficient (Wildman–Crippen LogP) is 6.93. The van der Waals surface area contributed by atoms with Gasteiger partial charge in [-0.05, 0) is 54.8 Å². The number of thioether (sulfide) groups is 1. The minimum absolute atomic E-state index is 0.268. The summed E-state index contributed by atoms with van der Waals surface area (Å²) in [5, 5.41) is 4.14. The molecular weight excluding hydrogens is 490 g/mol. The van der Waals surface area contributed by atoms with Crippen LogP contribution in [0.15, 0.2) is 76.2 Å². The van der Waals surface area contributed by atoms with Crippen LogP contribution in [-0.4, -0.2) is 30.3 Å². The molecule has 0 aliphatic rings. The maximum atomic E-state index is 12.6. The number of benzene rings is 3. The molecule has 1 heterocycles. The summed E-state index contributed by atoms with van der Waals surface area (Å²) in [6.45, 7) is 5.36. The van der Waals surface area contributed by atoms with Gasteiger partial charge in [0.25, 0.3) is 5.91 Å². The van der Waals surface area contributed by atoms with Crippen LogP contribution in [-0.2, 0) is 5.75 Å². The van der Waals surface area contributed by atoms with Gasteiger partial charge in [0.15, 0.2) is 4.34 Å². The Morgan fingerprint density at radius 1 is 1.03 bits per heavy atom. The average Bonchev–Trinajstić information content (AvgIpc) is 3.33. The van der Waals surface area contributed by atoms with Crippen molar-refractivity contribution in [3.05, 3.63) is 83.4 Å². The fraction of sp³-hybridized carbons (Fsp3) is 0.250. The van der Waals surface area contributed by atoms with Crippen LogP contribution in [0.5, 0.6) is 11.5 Å². The van der Waals surface area contributed by atoms with Gasteiger partial charge in [-0.15, -0.1) is 11.3 Å². The predicted molar refractivity (Wildman–Crippen MR) is 149 cm³/mol. The van der Waals surface area contributed by atoms with Gasteiger partial charge in [0.1, 0.15) is 11.5 Å². The van der Waals surface area contributed by atoms with E-state index >= 15 is 0 Å². The van der Waals surface area contributed by atoms with E-state index in [0.717, 1.165) is 45.3 Å². The summed E-state index contributed by atoms with van der Waals surface area (Å²) in [7, 11) is 0. The van der Waals surface area contributed by atoms with Crippen LogP contribution < -0.4 is 14.9 Å². The fourth-order valence-corrected chi connectivity index (χ4v) is 5.33. The van der Waals surface area contributed by atoms with E-state index in [1.165, 1.54) is 4.70 Å². The van der Waals surface area contributed by atoms with E-state index in [2.05, 4.69) is 35.4 Å². The molecule has 1 aromatic heterocycles. The number of para-hydroxylation sites is 1. The van der Waals surface area contributed by atoms with Crippen LogP contribution in [0.3, 0.4) is 0 Å². The molecule has 1 amide bonds. The van der Waals surface area contributed by atoms with Gasteiger partial charge in [-0.2, -0.15) is 5.10 Å². The number of carbonyl (C=O) groups is 1. The zero-order chi connectivity index (χ0) is 25.2. The molecule has 0 atom stereocenters. The van der Waals surface area contributed by atoms with E-state index in [0.29, 0.717) is 24.5 Å². The molecule has 0 aliphatic carbocycles. The minimum atomic E-state index is -0.268. The second kappa shape index (κ2) is 13.1.